The maximum atomic E-state index is 4.35. The van der Waals surface area contributed by atoms with Crippen molar-refractivity contribution in [1.82, 2.24) is 9.97 Å². The summed E-state index contributed by atoms with van der Waals surface area (Å²) in [5.41, 5.74) is 0.772. The second-order valence-electron chi connectivity index (χ2n) is 7.57. The maximum Gasteiger partial charge on any atom is 0.131 e. The molecule has 2 N–H and O–H groups in total. The fraction of sp³-hybridized carbons (Fsp3) is 0.750. The lowest BCUT2D eigenvalue weighted by Crippen LogP contribution is -2.40. The molecular formula is C16H28N4. The zero-order valence-corrected chi connectivity index (χ0v) is 13.5. The first-order valence-electron chi connectivity index (χ1n) is 7.62. The molecule has 1 saturated carbocycles. The molecule has 0 amide bonds. The minimum absolute atomic E-state index is 0.386. The Morgan fingerprint density at radius 1 is 1.10 bits per heavy atom. The molecule has 0 bridgehead atoms. The number of hydrogen-bond donors (Lipinski definition) is 2. The molecule has 1 heterocycles. The summed E-state index contributed by atoms with van der Waals surface area (Å²) in [6.07, 6.45) is 5.29. The summed E-state index contributed by atoms with van der Waals surface area (Å²) >= 11 is 0. The van der Waals surface area contributed by atoms with Crippen LogP contribution in [-0.4, -0.2) is 22.6 Å². The standard InChI is InChI=1S/C16H28N4/c1-6-17-13-7-14(19-11-18-13)20-12-8-15(2,3)10-16(4,5)9-12/h7,11-12H,6,8-10H2,1-5H3,(H2,17,18,19,20). The minimum atomic E-state index is 0.386. The summed E-state index contributed by atoms with van der Waals surface area (Å²) in [5.74, 6) is 1.81. The van der Waals surface area contributed by atoms with Crippen LogP contribution in [-0.2, 0) is 0 Å². The average Bonchev–Trinajstić information content (AvgIpc) is 2.25. The molecule has 20 heavy (non-hydrogen) atoms. The third-order valence-electron chi connectivity index (χ3n) is 3.93. The minimum Gasteiger partial charge on any atom is -0.370 e. The Labute approximate surface area is 122 Å². The highest BCUT2D eigenvalue weighted by atomic mass is 15.1. The van der Waals surface area contributed by atoms with Gasteiger partial charge in [0.05, 0.1) is 0 Å². The van der Waals surface area contributed by atoms with Crippen LogP contribution in [0.4, 0.5) is 11.6 Å². The number of hydrogen-bond acceptors (Lipinski definition) is 4. The van der Waals surface area contributed by atoms with Crippen LogP contribution in [0, 0.1) is 10.8 Å². The van der Waals surface area contributed by atoms with Gasteiger partial charge in [-0.2, -0.15) is 0 Å². The van der Waals surface area contributed by atoms with Crippen molar-refractivity contribution in [2.24, 2.45) is 10.8 Å². The predicted molar refractivity (Wildman–Crippen MR) is 85.0 cm³/mol. The highest BCUT2D eigenvalue weighted by molar-refractivity contribution is 5.47. The second-order valence-corrected chi connectivity index (χ2v) is 7.57. The molecular weight excluding hydrogens is 248 g/mol. The van der Waals surface area contributed by atoms with Gasteiger partial charge >= 0.3 is 0 Å². The molecule has 4 nitrogen and oxygen atoms in total. The van der Waals surface area contributed by atoms with E-state index in [-0.39, 0.29) is 0 Å². The van der Waals surface area contributed by atoms with Crippen molar-refractivity contribution in [2.75, 3.05) is 17.2 Å². The van der Waals surface area contributed by atoms with Gasteiger partial charge in [0, 0.05) is 18.7 Å². The topological polar surface area (TPSA) is 49.8 Å². The van der Waals surface area contributed by atoms with Gasteiger partial charge in [0.2, 0.25) is 0 Å². The van der Waals surface area contributed by atoms with Gasteiger partial charge in [-0.15, -0.1) is 0 Å². The van der Waals surface area contributed by atoms with Gasteiger partial charge < -0.3 is 10.6 Å². The lowest BCUT2D eigenvalue weighted by Gasteiger charge is -2.45. The Morgan fingerprint density at radius 3 is 2.30 bits per heavy atom. The van der Waals surface area contributed by atoms with Crippen LogP contribution < -0.4 is 10.6 Å². The highest BCUT2D eigenvalue weighted by Crippen LogP contribution is 2.46. The molecule has 1 aromatic rings. The van der Waals surface area contributed by atoms with Crippen molar-refractivity contribution < 1.29 is 0 Å². The van der Waals surface area contributed by atoms with Gasteiger partial charge in [0.15, 0.2) is 0 Å². The highest BCUT2D eigenvalue weighted by Gasteiger charge is 2.38. The lowest BCUT2D eigenvalue weighted by molar-refractivity contribution is 0.105. The van der Waals surface area contributed by atoms with Gasteiger partial charge in [-0.05, 0) is 37.0 Å². The molecule has 2 rings (SSSR count). The van der Waals surface area contributed by atoms with Crippen LogP contribution >= 0.6 is 0 Å². The SMILES string of the molecule is CCNc1cc(NC2CC(C)(C)CC(C)(C)C2)ncn1. The van der Waals surface area contributed by atoms with E-state index < -0.39 is 0 Å². The fourth-order valence-electron chi connectivity index (χ4n) is 3.87. The third kappa shape index (κ3) is 4.09. The maximum absolute atomic E-state index is 4.35. The molecule has 112 valence electrons. The Bertz CT molecular complexity index is 438. The first kappa shape index (κ1) is 15.1. The number of nitrogens with one attached hydrogen (secondary N) is 2. The van der Waals surface area contributed by atoms with Crippen molar-refractivity contribution >= 4 is 11.6 Å². The lowest BCUT2D eigenvalue weighted by atomic mass is 9.63. The monoisotopic (exact) mass is 276 g/mol. The largest absolute Gasteiger partial charge is 0.370 e. The van der Waals surface area contributed by atoms with E-state index in [2.05, 4.69) is 55.2 Å². The van der Waals surface area contributed by atoms with Crippen molar-refractivity contribution in [3.63, 3.8) is 0 Å². The Hall–Kier alpha value is -1.32. The van der Waals surface area contributed by atoms with E-state index in [0.717, 1.165) is 18.2 Å². The zero-order chi connectivity index (χ0) is 14.8. The van der Waals surface area contributed by atoms with Crippen molar-refractivity contribution in [3.05, 3.63) is 12.4 Å². The number of aromatic nitrogens is 2. The van der Waals surface area contributed by atoms with Crippen LogP contribution in [0.15, 0.2) is 12.4 Å². The third-order valence-corrected chi connectivity index (χ3v) is 3.93. The van der Waals surface area contributed by atoms with E-state index >= 15 is 0 Å². The van der Waals surface area contributed by atoms with E-state index in [4.69, 9.17) is 0 Å². The smallest absolute Gasteiger partial charge is 0.131 e. The molecule has 0 aromatic carbocycles. The van der Waals surface area contributed by atoms with E-state index in [9.17, 15) is 0 Å². The first-order valence-corrected chi connectivity index (χ1v) is 7.62. The molecule has 0 spiro atoms. The summed E-state index contributed by atoms with van der Waals surface area (Å²) < 4.78 is 0. The van der Waals surface area contributed by atoms with E-state index in [0.29, 0.717) is 16.9 Å². The van der Waals surface area contributed by atoms with Gasteiger partial charge in [0.1, 0.15) is 18.0 Å². The van der Waals surface area contributed by atoms with Gasteiger partial charge in [-0.25, -0.2) is 9.97 Å². The van der Waals surface area contributed by atoms with Crippen molar-refractivity contribution in [2.45, 2.75) is 59.9 Å². The molecule has 0 radical (unpaired) electrons. The molecule has 0 saturated heterocycles. The molecule has 0 unspecified atom stereocenters. The van der Waals surface area contributed by atoms with Crippen LogP contribution in [0.5, 0.6) is 0 Å². The number of rotatable bonds is 4. The average molecular weight is 276 g/mol. The Balaban J connectivity index is 2.07. The quantitative estimate of drug-likeness (QED) is 0.875. The van der Waals surface area contributed by atoms with Crippen molar-refractivity contribution in [3.8, 4) is 0 Å². The molecule has 0 atom stereocenters. The Morgan fingerprint density at radius 2 is 1.70 bits per heavy atom. The summed E-state index contributed by atoms with van der Waals surface area (Å²) in [6.45, 7) is 12.4. The molecule has 1 aliphatic rings. The molecule has 0 aliphatic heterocycles. The summed E-state index contributed by atoms with van der Waals surface area (Å²) in [4.78, 5) is 8.57. The molecule has 1 fully saturated rings. The van der Waals surface area contributed by atoms with Crippen LogP contribution in [0.1, 0.15) is 53.9 Å². The molecule has 1 aliphatic carbocycles. The number of nitrogens with zero attached hydrogens (tertiary/aromatic N) is 2. The fourth-order valence-corrected chi connectivity index (χ4v) is 3.87. The number of anilines is 2. The van der Waals surface area contributed by atoms with Gasteiger partial charge in [-0.3, -0.25) is 0 Å². The first-order chi connectivity index (χ1) is 9.30. The van der Waals surface area contributed by atoms with E-state index in [1.54, 1.807) is 6.33 Å². The van der Waals surface area contributed by atoms with Crippen LogP contribution in [0.2, 0.25) is 0 Å². The van der Waals surface area contributed by atoms with Crippen LogP contribution in [0.3, 0.4) is 0 Å². The molecule has 4 heteroatoms. The van der Waals surface area contributed by atoms with Crippen molar-refractivity contribution in [1.29, 1.82) is 0 Å². The van der Waals surface area contributed by atoms with Gasteiger partial charge in [-0.1, -0.05) is 27.7 Å². The normalized spacial score (nSPS) is 21.4. The summed E-state index contributed by atoms with van der Waals surface area (Å²) in [7, 11) is 0. The Kier molecular flexibility index (Phi) is 4.21. The summed E-state index contributed by atoms with van der Waals surface area (Å²) in [6, 6.07) is 2.48. The second kappa shape index (κ2) is 5.58. The summed E-state index contributed by atoms with van der Waals surface area (Å²) in [5, 5.41) is 6.83. The van der Waals surface area contributed by atoms with E-state index in [1.165, 1.54) is 19.3 Å². The predicted octanol–water partition coefficient (Wildman–Crippen LogP) is 3.93. The zero-order valence-electron chi connectivity index (χ0n) is 13.5. The molecule has 1 aromatic heterocycles. The van der Waals surface area contributed by atoms with E-state index in [1.807, 2.05) is 6.07 Å². The van der Waals surface area contributed by atoms with Crippen LogP contribution in [0.25, 0.3) is 0 Å². The van der Waals surface area contributed by atoms with Gasteiger partial charge in [0.25, 0.3) is 0 Å².